The molecule has 0 saturated carbocycles. The predicted molar refractivity (Wildman–Crippen MR) is 133 cm³/mol. The van der Waals surface area contributed by atoms with Gasteiger partial charge in [-0.2, -0.15) is 5.10 Å². The van der Waals surface area contributed by atoms with Gasteiger partial charge in [0, 0.05) is 25.7 Å². The second-order valence-electron chi connectivity index (χ2n) is 8.65. The number of ketones is 1. The summed E-state index contributed by atoms with van der Waals surface area (Å²) < 4.78 is 0. The first-order valence-corrected chi connectivity index (χ1v) is 11.6. The predicted octanol–water partition coefficient (Wildman–Crippen LogP) is 3.91. The molecule has 3 aliphatic heterocycles. The van der Waals surface area contributed by atoms with Crippen molar-refractivity contribution in [1.82, 2.24) is 9.91 Å². The Kier molecular flexibility index (Phi) is 8.33. The number of aliphatic imine (C=N–C) groups is 1. The van der Waals surface area contributed by atoms with Gasteiger partial charge >= 0.3 is 0 Å². The lowest BCUT2D eigenvalue weighted by molar-refractivity contribution is -0.127. The zero-order valence-electron chi connectivity index (χ0n) is 20.0. The fourth-order valence-electron chi connectivity index (χ4n) is 4.36. The monoisotopic (exact) mass is 449 g/mol. The molecule has 176 valence electrons. The minimum absolute atomic E-state index is 0.00925. The zero-order valence-corrected chi connectivity index (χ0v) is 20.0. The van der Waals surface area contributed by atoms with Gasteiger partial charge in [0.25, 0.3) is 0 Å². The third kappa shape index (κ3) is 5.85. The summed E-state index contributed by atoms with van der Waals surface area (Å²) in [6.07, 6.45) is 7.53. The highest BCUT2D eigenvalue weighted by atomic mass is 16.2. The van der Waals surface area contributed by atoms with Crippen LogP contribution in [0.5, 0.6) is 0 Å². The molecule has 7 heteroatoms. The number of nitrogens with zero attached hydrogens (tertiary/aromatic N) is 4. The third-order valence-corrected chi connectivity index (χ3v) is 6.32. The lowest BCUT2D eigenvalue weighted by Crippen LogP contribution is -2.28. The molecule has 1 unspecified atom stereocenters. The van der Waals surface area contributed by atoms with Gasteiger partial charge in [0.2, 0.25) is 5.91 Å². The molecule has 3 aliphatic rings. The van der Waals surface area contributed by atoms with E-state index in [0.29, 0.717) is 12.1 Å². The molecule has 0 aromatic heterocycles. The second kappa shape index (κ2) is 11.2. The molecule has 1 atom stereocenters. The van der Waals surface area contributed by atoms with Crippen LogP contribution in [0, 0.1) is 6.92 Å². The van der Waals surface area contributed by atoms with E-state index in [1.54, 1.807) is 11.8 Å². The number of carbonyl (C=O) groups excluding carboxylic acids is 2. The molecule has 7 nitrogen and oxygen atoms in total. The van der Waals surface area contributed by atoms with Gasteiger partial charge < -0.3 is 10.6 Å². The average molecular weight is 450 g/mol. The molecule has 0 aliphatic carbocycles. The number of fused-ring (bicyclic) bond motifs is 1. The van der Waals surface area contributed by atoms with Crippen molar-refractivity contribution >= 4 is 23.1 Å². The summed E-state index contributed by atoms with van der Waals surface area (Å²) in [5.74, 6) is 0.0894. The number of hydrogen-bond donors (Lipinski definition) is 1. The van der Waals surface area contributed by atoms with Crippen LogP contribution in [-0.4, -0.2) is 53.2 Å². The number of aryl methyl sites for hydroxylation is 1. The number of rotatable bonds is 4. The molecular weight excluding hydrogens is 414 g/mol. The van der Waals surface area contributed by atoms with Crippen LogP contribution in [-0.2, 0) is 9.59 Å². The van der Waals surface area contributed by atoms with Gasteiger partial charge in [0.15, 0.2) is 5.78 Å². The summed E-state index contributed by atoms with van der Waals surface area (Å²) in [7, 11) is 1.85. The fraction of sp³-hybridized carbons (Fsp3) is 0.462. The van der Waals surface area contributed by atoms with Crippen LogP contribution in [0.25, 0.3) is 0 Å². The van der Waals surface area contributed by atoms with Crippen molar-refractivity contribution in [3.8, 4) is 0 Å². The van der Waals surface area contributed by atoms with Gasteiger partial charge in [-0.1, -0.05) is 36.9 Å². The van der Waals surface area contributed by atoms with E-state index in [1.807, 2.05) is 24.2 Å². The van der Waals surface area contributed by atoms with Crippen LogP contribution in [0.3, 0.4) is 0 Å². The number of dihydropyridines is 1. The molecule has 2 fully saturated rings. The van der Waals surface area contributed by atoms with E-state index in [-0.39, 0.29) is 24.3 Å². The topological polar surface area (TPSA) is 91.4 Å². The van der Waals surface area contributed by atoms with E-state index in [2.05, 4.69) is 41.8 Å². The Morgan fingerprint density at radius 2 is 2.03 bits per heavy atom. The number of hydrogen-bond acceptors (Lipinski definition) is 6. The number of carbonyl (C=O) groups is 2. The van der Waals surface area contributed by atoms with Crippen LogP contribution in [0.2, 0.25) is 0 Å². The zero-order chi connectivity index (χ0) is 24.0. The average Bonchev–Trinajstić information content (AvgIpc) is 3.11. The Balaban J connectivity index is 0.000000203. The Labute approximate surface area is 196 Å². The molecule has 0 spiro atoms. The largest absolute Gasteiger partial charge is 0.324 e. The normalized spacial score (nSPS) is 21.0. The van der Waals surface area contributed by atoms with Crippen LogP contribution in [0.4, 0.5) is 0 Å². The van der Waals surface area contributed by atoms with Crippen LogP contribution in [0.1, 0.15) is 62.6 Å². The molecule has 4 rings (SSSR count). The molecule has 1 aromatic carbocycles. The molecule has 1 amide bonds. The molecule has 1 aromatic rings. The molecule has 2 N–H and O–H groups in total. The van der Waals surface area contributed by atoms with E-state index >= 15 is 0 Å². The van der Waals surface area contributed by atoms with Crippen molar-refractivity contribution in [2.45, 2.75) is 58.4 Å². The highest BCUT2D eigenvalue weighted by Gasteiger charge is 2.29. The Hall–Kier alpha value is -3.06. The molecule has 2 saturated heterocycles. The summed E-state index contributed by atoms with van der Waals surface area (Å²) in [6.45, 7) is 8.73. The SMILES string of the molecule is C=C1CCC(c2ccccc2C)N1/N=C(\C)C(=O)CN.CN1C(=O)CCCC2=NCCC=C21. The van der Waals surface area contributed by atoms with Crippen LogP contribution >= 0.6 is 0 Å². The van der Waals surface area contributed by atoms with Crippen molar-refractivity contribution in [3.05, 3.63) is 59.4 Å². The Morgan fingerprint density at radius 3 is 2.76 bits per heavy atom. The van der Waals surface area contributed by atoms with Gasteiger partial charge in [-0.05, 0) is 57.1 Å². The van der Waals surface area contributed by atoms with Gasteiger partial charge in [-0.25, -0.2) is 0 Å². The van der Waals surface area contributed by atoms with Gasteiger partial charge in [-0.3, -0.25) is 19.6 Å². The van der Waals surface area contributed by atoms with E-state index in [4.69, 9.17) is 5.73 Å². The summed E-state index contributed by atoms with van der Waals surface area (Å²) in [5.41, 5.74) is 11.4. The smallest absolute Gasteiger partial charge is 0.226 e. The van der Waals surface area contributed by atoms with Crippen molar-refractivity contribution in [2.75, 3.05) is 20.1 Å². The van der Waals surface area contributed by atoms with Crippen molar-refractivity contribution < 1.29 is 9.59 Å². The summed E-state index contributed by atoms with van der Waals surface area (Å²) in [6, 6.07) is 8.42. The van der Waals surface area contributed by atoms with Gasteiger partial charge in [-0.15, -0.1) is 0 Å². The van der Waals surface area contributed by atoms with Crippen molar-refractivity contribution in [2.24, 2.45) is 15.8 Å². The highest BCUT2D eigenvalue weighted by molar-refractivity contribution is 6.39. The summed E-state index contributed by atoms with van der Waals surface area (Å²) >= 11 is 0. The van der Waals surface area contributed by atoms with E-state index in [1.165, 1.54) is 11.1 Å². The fourth-order valence-corrected chi connectivity index (χ4v) is 4.36. The van der Waals surface area contributed by atoms with E-state index < -0.39 is 0 Å². The molecule has 33 heavy (non-hydrogen) atoms. The molecule has 3 heterocycles. The highest BCUT2D eigenvalue weighted by Crippen LogP contribution is 2.39. The number of benzene rings is 1. The lowest BCUT2D eigenvalue weighted by atomic mass is 10.00. The number of amides is 1. The molecule has 0 radical (unpaired) electrons. The first-order valence-electron chi connectivity index (χ1n) is 11.6. The summed E-state index contributed by atoms with van der Waals surface area (Å²) in [5, 5.41) is 6.33. The number of nitrogens with two attached hydrogens (primary N) is 1. The second-order valence-corrected chi connectivity index (χ2v) is 8.65. The van der Waals surface area contributed by atoms with E-state index in [9.17, 15) is 9.59 Å². The van der Waals surface area contributed by atoms with Gasteiger partial charge in [0.1, 0.15) is 5.71 Å². The number of likely N-dealkylation sites (tertiary alicyclic amines) is 1. The quantitative estimate of drug-likeness (QED) is 0.706. The number of Topliss-reactive ketones (excluding diaryl/α,β-unsaturated/α-hetero) is 1. The Bertz CT molecular complexity index is 1010. The molecule has 0 bridgehead atoms. The van der Waals surface area contributed by atoms with Crippen LogP contribution in [0.15, 0.2) is 58.4 Å². The van der Waals surface area contributed by atoms with Crippen LogP contribution < -0.4 is 5.73 Å². The first-order chi connectivity index (χ1) is 15.8. The van der Waals surface area contributed by atoms with Crippen molar-refractivity contribution in [3.63, 3.8) is 0 Å². The number of hydrazone groups is 1. The third-order valence-electron chi connectivity index (χ3n) is 6.32. The lowest BCUT2D eigenvalue weighted by Gasteiger charge is -2.24. The van der Waals surface area contributed by atoms with E-state index in [0.717, 1.165) is 55.8 Å². The number of allylic oxidation sites excluding steroid dienone is 2. The maximum atomic E-state index is 11.6. The first kappa shape index (κ1) is 24.6. The summed E-state index contributed by atoms with van der Waals surface area (Å²) in [4.78, 5) is 29.3. The maximum absolute atomic E-state index is 11.6. The maximum Gasteiger partial charge on any atom is 0.226 e. The van der Waals surface area contributed by atoms with Crippen molar-refractivity contribution in [1.29, 1.82) is 0 Å². The minimum atomic E-state index is -0.131. The standard InChI is InChI=1S/C16H21N3O.C10H14N2O/c1-11-6-4-5-7-14(11)15-9-8-12(2)19(15)18-13(3)16(20)10-17;1-12-9-5-3-7-11-8(9)4-2-6-10(12)13/h4-7,15H,2,8-10,17H2,1,3H3;5H,2-4,6-7H2,1H3/b18-13+;. The minimum Gasteiger partial charge on any atom is -0.324 e. The van der Waals surface area contributed by atoms with Gasteiger partial charge in [0.05, 0.1) is 24.0 Å². The Morgan fingerprint density at radius 1 is 1.27 bits per heavy atom. The molecular formula is C26H35N5O2.